The lowest BCUT2D eigenvalue weighted by atomic mass is 10.1. The fourth-order valence-corrected chi connectivity index (χ4v) is 2.19. The molecule has 2 aromatic rings. The first kappa shape index (κ1) is 15.1. The Bertz CT molecular complexity index is 624. The number of nitro benzene ring substituents is 1. The maximum Gasteiger partial charge on any atom is 0.272 e. The molecule has 0 spiro atoms. The van der Waals surface area contributed by atoms with E-state index < -0.39 is 0 Å². The Hall–Kier alpha value is -2.28. The second-order valence-corrected chi connectivity index (χ2v) is 4.82. The van der Waals surface area contributed by atoms with Crippen LogP contribution in [0.5, 0.6) is 0 Å². The summed E-state index contributed by atoms with van der Waals surface area (Å²) in [6, 6.07) is 5.13. The molecule has 0 unspecified atom stereocenters. The highest BCUT2D eigenvalue weighted by atomic mass is 16.6. The number of hydrogen-bond acceptors (Lipinski definition) is 5. The van der Waals surface area contributed by atoms with Gasteiger partial charge in [0.25, 0.3) is 5.69 Å². The van der Waals surface area contributed by atoms with E-state index in [9.17, 15) is 10.1 Å². The topological polar surface area (TPSA) is 85.9 Å². The van der Waals surface area contributed by atoms with Gasteiger partial charge in [-0.2, -0.15) is 5.10 Å². The summed E-state index contributed by atoms with van der Waals surface area (Å²) >= 11 is 0. The molecule has 0 aliphatic carbocycles. The van der Waals surface area contributed by atoms with Gasteiger partial charge >= 0.3 is 0 Å². The Kier molecular flexibility index (Phi) is 4.99. The summed E-state index contributed by atoms with van der Waals surface area (Å²) in [5, 5.41) is 18.3. The molecule has 1 aromatic carbocycles. The van der Waals surface area contributed by atoms with Gasteiger partial charge in [-0.05, 0) is 18.9 Å². The van der Waals surface area contributed by atoms with E-state index >= 15 is 0 Å². The molecule has 0 saturated carbocycles. The van der Waals surface area contributed by atoms with Crippen molar-refractivity contribution in [2.24, 2.45) is 0 Å². The van der Waals surface area contributed by atoms with Crippen LogP contribution in [0.2, 0.25) is 0 Å². The molecule has 1 N–H and O–H groups in total. The lowest BCUT2D eigenvalue weighted by Crippen LogP contribution is -2.18. The maximum absolute atomic E-state index is 10.9. The van der Waals surface area contributed by atoms with Gasteiger partial charge < -0.3 is 5.32 Å². The minimum Gasteiger partial charge on any atom is -0.306 e. The smallest absolute Gasteiger partial charge is 0.272 e. The molecule has 1 heterocycles. The summed E-state index contributed by atoms with van der Waals surface area (Å²) in [4.78, 5) is 14.8. The average molecular weight is 289 g/mol. The highest BCUT2D eigenvalue weighted by Gasteiger charge is 2.13. The van der Waals surface area contributed by atoms with Gasteiger partial charge in [0.05, 0.1) is 11.5 Å². The van der Waals surface area contributed by atoms with Crippen molar-refractivity contribution >= 4 is 5.69 Å². The molecule has 112 valence electrons. The molecule has 0 aliphatic heterocycles. The standard InChI is InChI=1S/C14H19N5O2/c1-3-7-18-14(16-10-17-18)9-15-8-12-5-4-6-13(11(12)2)19(20)21/h4-6,10,15H,3,7-9H2,1-2H3. The molecule has 1 aromatic heterocycles. The molecule has 21 heavy (non-hydrogen) atoms. The minimum absolute atomic E-state index is 0.156. The normalized spacial score (nSPS) is 10.8. The number of nitrogens with one attached hydrogen (secondary N) is 1. The van der Waals surface area contributed by atoms with Crippen molar-refractivity contribution in [3.8, 4) is 0 Å². The Morgan fingerprint density at radius 2 is 2.19 bits per heavy atom. The van der Waals surface area contributed by atoms with Crippen molar-refractivity contribution in [3.05, 3.63) is 51.6 Å². The molecule has 2 rings (SSSR count). The largest absolute Gasteiger partial charge is 0.306 e. The molecule has 7 heteroatoms. The highest BCUT2D eigenvalue weighted by molar-refractivity contribution is 5.44. The SMILES string of the molecule is CCCn1ncnc1CNCc1cccc([N+](=O)[O-])c1C. The van der Waals surface area contributed by atoms with Crippen LogP contribution < -0.4 is 5.32 Å². The molecular formula is C14H19N5O2. The van der Waals surface area contributed by atoms with E-state index in [1.165, 1.54) is 6.07 Å². The third kappa shape index (κ3) is 3.63. The third-order valence-corrected chi connectivity index (χ3v) is 3.34. The molecular weight excluding hydrogens is 270 g/mol. The summed E-state index contributed by atoms with van der Waals surface area (Å²) in [5.41, 5.74) is 1.78. The fraction of sp³-hybridized carbons (Fsp3) is 0.429. The molecule has 0 bridgehead atoms. The van der Waals surface area contributed by atoms with Crippen LogP contribution in [-0.2, 0) is 19.6 Å². The van der Waals surface area contributed by atoms with Gasteiger partial charge in [-0.25, -0.2) is 9.67 Å². The molecule has 7 nitrogen and oxygen atoms in total. The third-order valence-electron chi connectivity index (χ3n) is 3.34. The van der Waals surface area contributed by atoms with Gasteiger partial charge in [0, 0.05) is 24.7 Å². The molecule has 0 aliphatic rings. The van der Waals surface area contributed by atoms with Gasteiger partial charge in [-0.1, -0.05) is 19.1 Å². The highest BCUT2D eigenvalue weighted by Crippen LogP contribution is 2.20. The zero-order chi connectivity index (χ0) is 15.2. The van der Waals surface area contributed by atoms with Gasteiger partial charge in [0.2, 0.25) is 0 Å². The Labute approximate surface area is 123 Å². The van der Waals surface area contributed by atoms with Crippen LogP contribution in [0.25, 0.3) is 0 Å². The van der Waals surface area contributed by atoms with E-state index in [4.69, 9.17) is 0 Å². The number of benzene rings is 1. The van der Waals surface area contributed by atoms with E-state index in [2.05, 4.69) is 22.3 Å². The summed E-state index contributed by atoms with van der Waals surface area (Å²) in [6.45, 7) is 5.85. The zero-order valence-electron chi connectivity index (χ0n) is 12.2. The number of aryl methyl sites for hydroxylation is 1. The van der Waals surface area contributed by atoms with Gasteiger partial charge in [-0.3, -0.25) is 10.1 Å². The first-order valence-electron chi connectivity index (χ1n) is 6.93. The summed E-state index contributed by atoms with van der Waals surface area (Å²) < 4.78 is 1.87. The molecule has 0 atom stereocenters. The Morgan fingerprint density at radius 1 is 1.38 bits per heavy atom. The minimum atomic E-state index is -0.350. The monoisotopic (exact) mass is 289 g/mol. The number of aromatic nitrogens is 3. The van der Waals surface area contributed by atoms with Crippen molar-refractivity contribution in [1.29, 1.82) is 0 Å². The Morgan fingerprint density at radius 3 is 2.90 bits per heavy atom. The maximum atomic E-state index is 10.9. The zero-order valence-corrected chi connectivity index (χ0v) is 12.2. The van der Waals surface area contributed by atoms with E-state index in [-0.39, 0.29) is 10.6 Å². The van der Waals surface area contributed by atoms with E-state index in [0.29, 0.717) is 18.7 Å². The number of nitrogens with zero attached hydrogens (tertiary/aromatic N) is 4. The van der Waals surface area contributed by atoms with Crippen LogP contribution in [0.4, 0.5) is 5.69 Å². The summed E-state index contributed by atoms with van der Waals surface area (Å²) in [7, 11) is 0. The van der Waals surface area contributed by atoms with Crippen LogP contribution in [0, 0.1) is 17.0 Å². The second kappa shape index (κ2) is 6.94. The van der Waals surface area contributed by atoms with Crippen molar-refractivity contribution < 1.29 is 4.92 Å². The predicted molar refractivity (Wildman–Crippen MR) is 78.7 cm³/mol. The first-order valence-corrected chi connectivity index (χ1v) is 6.93. The van der Waals surface area contributed by atoms with Gasteiger partial charge in [0.1, 0.15) is 12.2 Å². The molecule has 0 fully saturated rings. The lowest BCUT2D eigenvalue weighted by Gasteiger charge is -2.08. The van der Waals surface area contributed by atoms with Crippen LogP contribution in [0.1, 0.15) is 30.3 Å². The van der Waals surface area contributed by atoms with Crippen molar-refractivity contribution in [3.63, 3.8) is 0 Å². The lowest BCUT2D eigenvalue weighted by molar-refractivity contribution is -0.385. The van der Waals surface area contributed by atoms with Crippen molar-refractivity contribution in [1.82, 2.24) is 20.1 Å². The van der Waals surface area contributed by atoms with Crippen LogP contribution in [0.15, 0.2) is 24.5 Å². The number of rotatable bonds is 7. The number of hydrogen-bond donors (Lipinski definition) is 1. The summed E-state index contributed by atoms with van der Waals surface area (Å²) in [6.07, 6.45) is 2.55. The molecule has 0 saturated heterocycles. The summed E-state index contributed by atoms with van der Waals surface area (Å²) in [5.74, 6) is 0.875. The first-order chi connectivity index (χ1) is 10.1. The Balaban J connectivity index is 1.99. The van der Waals surface area contributed by atoms with Crippen LogP contribution in [-0.4, -0.2) is 19.7 Å². The second-order valence-electron chi connectivity index (χ2n) is 4.82. The van der Waals surface area contributed by atoms with E-state index in [0.717, 1.165) is 24.4 Å². The van der Waals surface area contributed by atoms with E-state index in [1.54, 1.807) is 19.3 Å². The van der Waals surface area contributed by atoms with Gasteiger partial charge in [0.15, 0.2) is 0 Å². The molecule has 0 radical (unpaired) electrons. The number of nitro groups is 1. The van der Waals surface area contributed by atoms with Crippen molar-refractivity contribution in [2.45, 2.75) is 39.9 Å². The quantitative estimate of drug-likeness (QED) is 0.623. The van der Waals surface area contributed by atoms with Gasteiger partial charge in [-0.15, -0.1) is 0 Å². The average Bonchev–Trinajstić information content (AvgIpc) is 2.88. The van der Waals surface area contributed by atoms with Crippen LogP contribution >= 0.6 is 0 Å². The van der Waals surface area contributed by atoms with Crippen LogP contribution in [0.3, 0.4) is 0 Å². The fourth-order valence-electron chi connectivity index (χ4n) is 2.19. The molecule has 0 amide bonds. The predicted octanol–water partition coefficient (Wildman–Crippen LogP) is 2.19. The van der Waals surface area contributed by atoms with E-state index in [1.807, 2.05) is 10.7 Å². The van der Waals surface area contributed by atoms with Crippen molar-refractivity contribution in [2.75, 3.05) is 0 Å².